The van der Waals surface area contributed by atoms with E-state index in [1.165, 1.54) is 35.4 Å². The van der Waals surface area contributed by atoms with E-state index < -0.39 is 0 Å². The zero-order valence-corrected chi connectivity index (χ0v) is 52.2. The van der Waals surface area contributed by atoms with E-state index in [0.29, 0.717) is 23.2 Å². The van der Waals surface area contributed by atoms with E-state index in [2.05, 4.69) is 128 Å². The van der Waals surface area contributed by atoms with Crippen LogP contribution in [0.1, 0.15) is 90.8 Å². The molecule has 1 aliphatic heterocycles. The highest BCUT2D eigenvalue weighted by Crippen LogP contribution is 2.26. The van der Waals surface area contributed by atoms with Crippen molar-refractivity contribution in [1.29, 1.82) is 0 Å². The second-order valence-electron chi connectivity index (χ2n) is 21.8. The maximum atomic E-state index is 13.2. The maximum Gasteiger partial charge on any atom is 0.251 e. The Morgan fingerprint density at radius 1 is 0.553 bits per heavy atom. The number of carbonyl (C=O) groups excluding carboxylic acids is 1. The number of hydrogen-bond acceptors (Lipinski definition) is 11. The van der Waals surface area contributed by atoms with Gasteiger partial charge in [-0.2, -0.15) is 20.4 Å². The van der Waals surface area contributed by atoms with Gasteiger partial charge >= 0.3 is 0 Å². The summed E-state index contributed by atoms with van der Waals surface area (Å²) >= 11 is 0. The van der Waals surface area contributed by atoms with Crippen LogP contribution in [0.3, 0.4) is 0 Å². The zero-order chi connectivity index (χ0) is 65.1. The summed E-state index contributed by atoms with van der Waals surface area (Å²) in [4.78, 5) is 23.2. The third-order valence-corrected chi connectivity index (χ3v) is 15.0. The van der Waals surface area contributed by atoms with E-state index in [9.17, 15) is 13.6 Å². The van der Waals surface area contributed by atoms with Crippen LogP contribution in [0.2, 0.25) is 0 Å². The van der Waals surface area contributed by atoms with E-state index >= 15 is 0 Å². The van der Waals surface area contributed by atoms with Crippen LogP contribution < -0.4 is 20.9 Å². The number of nitrogens with zero attached hydrogens (tertiary/aromatic N) is 10. The van der Waals surface area contributed by atoms with Crippen LogP contribution in [-0.2, 0) is 31.0 Å². The first-order valence-electron chi connectivity index (χ1n) is 30.8. The molecule has 5 N–H and O–H groups in total. The predicted molar refractivity (Wildman–Crippen MR) is 363 cm³/mol. The number of imidazole rings is 1. The van der Waals surface area contributed by atoms with Crippen LogP contribution >= 0.6 is 0 Å². The lowest BCUT2D eigenvalue weighted by Crippen LogP contribution is -2.36. The van der Waals surface area contributed by atoms with E-state index in [1.807, 2.05) is 104 Å². The van der Waals surface area contributed by atoms with Crippen LogP contribution in [0.15, 0.2) is 215 Å². The number of H-pyrrole nitrogens is 2. The highest BCUT2D eigenvalue weighted by molar-refractivity contribution is 5.95. The third kappa shape index (κ3) is 19.6. The average Bonchev–Trinajstić information content (AvgIpc) is 1.24. The molecule has 1 fully saturated rings. The molecule has 1 amide bonds. The van der Waals surface area contributed by atoms with Crippen molar-refractivity contribution < 1.29 is 18.3 Å². The molecule has 12 rings (SSSR count). The Morgan fingerprint density at radius 3 is 1.61 bits per heavy atom. The molecule has 94 heavy (non-hydrogen) atoms. The number of morpholine rings is 1. The van der Waals surface area contributed by atoms with Crippen LogP contribution in [-0.4, -0.2) is 106 Å². The Morgan fingerprint density at radius 2 is 1.07 bits per heavy atom. The van der Waals surface area contributed by atoms with E-state index in [4.69, 9.17) is 4.74 Å². The summed E-state index contributed by atoms with van der Waals surface area (Å²) in [5.41, 5.74) is 15.5. The summed E-state index contributed by atoms with van der Waals surface area (Å²) in [5.74, 6) is 18.4. The Hall–Kier alpha value is -11.9. The Labute approximate surface area is 546 Å². The normalized spacial score (nSPS) is 11.4. The van der Waals surface area contributed by atoms with Crippen LogP contribution in [0.25, 0.3) is 22.8 Å². The monoisotopic (exact) mass is 1250 g/mol. The largest absolute Gasteiger partial charge is 0.385 e. The highest BCUT2D eigenvalue weighted by atomic mass is 19.1. The fourth-order valence-corrected chi connectivity index (χ4v) is 9.96. The molecule has 0 saturated carbocycles. The van der Waals surface area contributed by atoms with Gasteiger partial charge in [-0.3, -0.25) is 24.7 Å². The standard InChI is InChI=1S/C25H22FN5O.C25H22FN5.C25H27N5O/c1-30-18-20(17-29-30)4-2-13-27-25(32)22-9-12-24(31-15-3-14-28-31)21(16-22)8-5-19-6-10-23(26)11-7-19;1-19(28-12-2-3-21-16-29-30-17-21)22-8-11-25(31-14-13-27-18-31)23(15-22)7-4-20-5-9-24(26)10-6-20;1-20(27-10-2-3-22-18-28-29-19-22)23-6-7-25(30-13-15-31-16-14-30)24(17-23)5-4-21-8-11-26-12-9-21/h3,6-7,9-12,14-18H,2,4,13H2,1H3,(H,27,32);5-6,8-11,13-18,28H,1-3,12H2,(H,29,30);6-9,11-12,17-19,27H,1-3,10,13-16H2,(H,28,29). The van der Waals surface area contributed by atoms with Gasteiger partial charge in [-0.25, -0.2) is 18.4 Å². The topological polar surface area (TPSA) is 189 Å². The number of aryl methyl sites for hydroxylation is 4. The summed E-state index contributed by atoms with van der Waals surface area (Å²) in [6.07, 6.45) is 29.3. The summed E-state index contributed by atoms with van der Waals surface area (Å²) < 4.78 is 37.2. The van der Waals surface area contributed by atoms with Crippen molar-refractivity contribution in [3.8, 4) is 46.9 Å². The lowest BCUT2D eigenvalue weighted by atomic mass is 10.0. The first-order valence-corrected chi connectivity index (χ1v) is 30.8. The van der Waals surface area contributed by atoms with E-state index in [0.717, 1.165) is 145 Å². The number of amides is 1. The zero-order valence-electron chi connectivity index (χ0n) is 52.2. The highest BCUT2D eigenvalue weighted by Gasteiger charge is 2.16. The van der Waals surface area contributed by atoms with Crippen molar-refractivity contribution in [3.05, 3.63) is 294 Å². The molecular formula is C75H71F2N15O2. The fraction of sp³-hybridized carbons (Fsp3) is 0.187. The minimum atomic E-state index is -0.310. The molecule has 5 aromatic carbocycles. The van der Waals surface area contributed by atoms with Crippen molar-refractivity contribution in [2.75, 3.05) is 50.8 Å². The van der Waals surface area contributed by atoms with Gasteiger partial charge in [0.1, 0.15) is 11.6 Å². The number of pyridine rings is 1. The number of ether oxygens (including phenoxy) is 1. The molecule has 0 atom stereocenters. The van der Waals surface area contributed by atoms with Crippen LogP contribution in [0.5, 0.6) is 0 Å². The molecule has 19 heteroatoms. The molecule has 0 aliphatic carbocycles. The molecule has 0 bridgehead atoms. The van der Waals surface area contributed by atoms with Crippen LogP contribution in [0, 0.1) is 47.2 Å². The molecule has 1 saturated heterocycles. The maximum absolute atomic E-state index is 13.2. The third-order valence-electron chi connectivity index (χ3n) is 15.0. The number of hydrogen-bond donors (Lipinski definition) is 5. The molecule has 0 spiro atoms. The summed E-state index contributed by atoms with van der Waals surface area (Å²) in [7, 11) is 1.88. The Kier molecular flexibility index (Phi) is 23.4. The number of halogens is 2. The van der Waals surface area contributed by atoms with Gasteiger partial charge in [-0.05, 0) is 176 Å². The molecule has 1 aliphatic rings. The van der Waals surface area contributed by atoms with Crippen molar-refractivity contribution in [2.24, 2.45) is 7.05 Å². The average molecular weight is 1250 g/mol. The van der Waals surface area contributed by atoms with Gasteiger partial charge < -0.3 is 30.2 Å². The predicted octanol–water partition coefficient (Wildman–Crippen LogP) is 11.1. The SMILES string of the molecule is C=C(NCCCc1cn[nH]c1)c1ccc(-n2ccnc2)c(C#Cc2ccc(F)cc2)c1.C=C(NCCCc1cn[nH]c1)c1ccc(N2CCOCC2)c(C#Cc2ccncc2)c1.Cn1cc(CCCNC(=O)c2ccc(-n3cccn3)c(C#Cc3ccc(F)cc3)c2)cn1. The van der Waals surface area contributed by atoms with Gasteiger partial charge in [0, 0.05) is 140 Å². The van der Waals surface area contributed by atoms with Crippen molar-refractivity contribution >= 4 is 23.0 Å². The van der Waals surface area contributed by atoms with Gasteiger partial charge in [-0.15, -0.1) is 0 Å². The second-order valence-corrected chi connectivity index (χ2v) is 21.8. The van der Waals surface area contributed by atoms with Crippen molar-refractivity contribution in [1.82, 2.24) is 70.4 Å². The molecule has 17 nitrogen and oxygen atoms in total. The molecule has 0 radical (unpaired) electrons. The number of benzene rings is 5. The number of carbonyl (C=O) groups is 1. The fourth-order valence-electron chi connectivity index (χ4n) is 9.96. The van der Waals surface area contributed by atoms with Gasteiger partial charge in [0.15, 0.2) is 0 Å². The lowest BCUT2D eigenvalue weighted by Gasteiger charge is -2.30. The number of nitrogens with one attached hydrogen (secondary N) is 5. The van der Waals surface area contributed by atoms with Crippen molar-refractivity contribution in [3.63, 3.8) is 0 Å². The Balaban J connectivity index is 0.000000154. The summed E-state index contributed by atoms with van der Waals surface area (Å²) in [6.45, 7) is 13.9. The number of rotatable bonds is 20. The van der Waals surface area contributed by atoms with Gasteiger partial charge in [0.2, 0.25) is 0 Å². The van der Waals surface area contributed by atoms with Gasteiger partial charge in [0.05, 0.1) is 60.8 Å². The molecule has 0 unspecified atom stereocenters. The number of anilines is 1. The molecular weight excluding hydrogens is 1180 g/mol. The minimum absolute atomic E-state index is 0.159. The minimum Gasteiger partial charge on any atom is -0.385 e. The smallest absolute Gasteiger partial charge is 0.251 e. The Bertz CT molecular complexity index is 4410. The molecule has 7 heterocycles. The molecule has 472 valence electrons. The van der Waals surface area contributed by atoms with Gasteiger partial charge in [0.25, 0.3) is 5.91 Å². The lowest BCUT2D eigenvalue weighted by molar-refractivity contribution is 0.0953. The summed E-state index contributed by atoms with van der Waals surface area (Å²) in [6, 6.07) is 35.6. The number of aromatic amines is 2. The number of aromatic nitrogens is 11. The van der Waals surface area contributed by atoms with E-state index in [1.54, 1.807) is 76.9 Å². The van der Waals surface area contributed by atoms with Crippen molar-refractivity contribution in [2.45, 2.75) is 38.5 Å². The quantitative estimate of drug-likeness (QED) is 0.0361. The summed E-state index contributed by atoms with van der Waals surface area (Å²) in [5, 5.41) is 31.9. The van der Waals surface area contributed by atoms with Gasteiger partial charge in [-0.1, -0.05) is 60.8 Å². The molecule has 6 aromatic heterocycles. The second kappa shape index (κ2) is 33.8. The first kappa shape index (κ1) is 65.1. The van der Waals surface area contributed by atoms with Crippen LogP contribution in [0.4, 0.5) is 14.5 Å². The van der Waals surface area contributed by atoms with E-state index in [-0.39, 0.29) is 17.5 Å². The molecule has 11 aromatic rings. The first-order chi connectivity index (χ1) is 46.1.